The monoisotopic (exact) mass is 742 g/mol. The van der Waals surface area contributed by atoms with Crippen LogP contribution in [0.4, 0.5) is 17.1 Å². The molecule has 0 amide bonds. The number of furan rings is 1. The first kappa shape index (κ1) is 33.7. The summed E-state index contributed by atoms with van der Waals surface area (Å²) < 4.78 is 8.64. The number of hydrogen-bond acceptors (Lipinski definition) is 2. The second-order valence-corrected chi connectivity index (χ2v) is 15.0. The SMILES string of the molecule is Cc1cccc2c1c1ccccc1n2-c1cccc(-c2ccc(N(c3ccc(-c4cccc5oc6ccccc6c45)cc3)c3ccccc3-c3ccccc3)cc2)c1. The highest BCUT2D eigenvalue weighted by Crippen LogP contribution is 2.43. The molecule has 0 N–H and O–H groups in total. The second-order valence-electron chi connectivity index (χ2n) is 15.0. The quantitative estimate of drug-likeness (QED) is 0.162. The largest absolute Gasteiger partial charge is 0.456 e. The Balaban J connectivity index is 1.01. The Morgan fingerprint density at radius 2 is 0.983 bits per heavy atom. The zero-order valence-corrected chi connectivity index (χ0v) is 32.0. The number of benzene rings is 9. The number of fused-ring (bicyclic) bond motifs is 6. The van der Waals surface area contributed by atoms with E-state index in [-0.39, 0.29) is 0 Å². The highest BCUT2D eigenvalue weighted by molar-refractivity contribution is 6.13. The molecule has 274 valence electrons. The Kier molecular flexibility index (Phi) is 8.04. The van der Waals surface area contributed by atoms with Gasteiger partial charge in [-0.15, -0.1) is 0 Å². The van der Waals surface area contributed by atoms with Crippen LogP contribution in [0, 0.1) is 6.92 Å². The summed E-state index contributed by atoms with van der Waals surface area (Å²) in [5.41, 5.74) is 16.9. The van der Waals surface area contributed by atoms with Crippen molar-refractivity contribution in [2.45, 2.75) is 6.92 Å². The van der Waals surface area contributed by atoms with Gasteiger partial charge in [0.25, 0.3) is 0 Å². The van der Waals surface area contributed by atoms with Crippen LogP contribution in [0.1, 0.15) is 5.56 Å². The van der Waals surface area contributed by atoms with Gasteiger partial charge in [0, 0.05) is 44.2 Å². The van der Waals surface area contributed by atoms with Gasteiger partial charge in [-0.1, -0.05) is 146 Å². The van der Waals surface area contributed by atoms with Gasteiger partial charge in [0.05, 0.1) is 16.7 Å². The van der Waals surface area contributed by atoms with Gasteiger partial charge in [0.1, 0.15) is 11.2 Å². The minimum Gasteiger partial charge on any atom is -0.456 e. The van der Waals surface area contributed by atoms with Crippen LogP contribution in [0.25, 0.3) is 82.8 Å². The number of anilines is 3. The molecule has 0 saturated heterocycles. The van der Waals surface area contributed by atoms with Gasteiger partial charge in [-0.3, -0.25) is 0 Å². The topological polar surface area (TPSA) is 21.3 Å². The van der Waals surface area contributed by atoms with E-state index in [4.69, 9.17) is 4.42 Å². The molecule has 2 aromatic heterocycles. The maximum Gasteiger partial charge on any atom is 0.136 e. The highest BCUT2D eigenvalue weighted by Gasteiger charge is 2.19. The smallest absolute Gasteiger partial charge is 0.136 e. The molecule has 0 spiro atoms. The second kappa shape index (κ2) is 13.8. The Bertz CT molecular complexity index is 3280. The lowest BCUT2D eigenvalue weighted by atomic mass is 9.98. The first-order valence-electron chi connectivity index (χ1n) is 19.8. The molecule has 0 saturated carbocycles. The van der Waals surface area contributed by atoms with Crippen LogP contribution >= 0.6 is 0 Å². The van der Waals surface area contributed by atoms with Crippen molar-refractivity contribution in [2.24, 2.45) is 0 Å². The van der Waals surface area contributed by atoms with Gasteiger partial charge in [-0.2, -0.15) is 0 Å². The number of hydrogen-bond donors (Lipinski definition) is 0. The van der Waals surface area contributed by atoms with Gasteiger partial charge in [0.15, 0.2) is 0 Å². The van der Waals surface area contributed by atoms with E-state index in [0.29, 0.717) is 0 Å². The van der Waals surface area contributed by atoms with Crippen LogP contribution in [0.5, 0.6) is 0 Å². The minimum absolute atomic E-state index is 0.900. The Hall–Kier alpha value is -7.62. The van der Waals surface area contributed by atoms with Gasteiger partial charge >= 0.3 is 0 Å². The molecule has 2 heterocycles. The van der Waals surface area contributed by atoms with Crippen molar-refractivity contribution in [3.05, 3.63) is 218 Å². The fourth-order valence-corrected chi connectivity index (χ4v) is 8.87. The maximum atomic E-state index is 6.24. The maximum absolute atomic E-state index is 6.24. The standard InChI is InChI=1S/C55H38N2O/c1-37-14-11-25-51-54(37)47-20-6-9-24-50(47)57(51)44-18-12-17-41(36-44)38-28-32-42(33-29-38)56(49-23-8-5-19-45(49)39-15-3-2-4-16-39)43-34-30-40(31-35-43)46-22-13-27-53-55(46)48-21-7-10-26-52(48)58-53/h2-36H,1H3. The molecule has 0 atom stereocenters. The molecular formula is C55H38N2O. The van der Waals surface area contributed by atoms with Crippen molar-refractivity contribution in [1.29, 1.82) is 0 Å². The third-order valence-electron chi connectivity index (χ3n) is 11.5. The van der Waals surface area contributed by atoms with Crippen LogP contribution in [0.15, 0.2) is 217 Å². The molecule has 0 aliphatic heterocycles. The molecule has 3 nitrogen and oxygen atoms in total. The molecule has 0 aliphatic rings. The van der Waals surface area contributed by atoms with Crippen molar-refractivity contribution in [3.63, 3.8) is 0 Å². The lowest BCUT2D eigenvalue weighted by Gasteiger charge is -2.28. The third kappa shape index (κ3) is 5.59. The zero-order chi connectivity index (χ0) is 38.6. The predicted octanol–water partition coefficient (Wildman–Crippen LogP) is 15.5. The normalized spacial score (nSPS) is 11.5. The fraction of sp³-hybridized carbons (Fsp3) is 0.0182. The molecule has 0 bridgehead atoms. The lowest BCUT2D eigenvalue weighted by Crippen LogP contribution is -2.11. The summed E-state index contributed by atoms with van der Waals surface area (Å²) >= 11 is 0. The van der Waals surface area contributed by atoms with E-state index in [0.717, 1.165) is 61.4 Å². The van der Waals surface area contributed by atoms with Crippen molar-refractivity contribution in [3.8, 4) is 39.1 Å². The number of aromatic nitrogens is 1. The third-order valence-corrected chi connectivity index (χ3v) is 11.5. The number of aryl methyl sites for hydroxylation is 1. The van der Waals surface area contributed by atoms with E-state index in [1.54, 1.807) is 0 Å². The first-order chi connectivity index (χ1) is 28.7. The van der Waals surface area contributed by atoms with E-state index in [2.05, 4.69) is 217 Å². The molecular weight excluding hydrogens is 705 g/mol. The minimum atomic E-state index is 0.900. The van der Waals surface area contributed by atoms with E-state index < -0.39 is 0 Å². The Morgan fingerprint density at radius 1 is 0.397 bits per heavy atom. The van der Waals surface area contributed by atoms with E-state index in [9.17, 15) is 0 Å². The van der Waals surface area contributed by atoms with Crippen LogP contribution in [0.2, 0.25) is 0 Å². The van der Waals surface area contributed by atoms with Gasteiger partial charge < -0.3 is 13.9 Å². The summed E-state index contributed by atoms with van der Waals surface area (Å²) in [6.07, 6.45) is 0. The molecule has 0 unspecified atom stereocenters. The molecule has 0 fully saturated rings. The zero-order valence-electron chi connectivity index (χ0n) is 32.0. The molecule has 3 heteroatoms. The van der Waals surface area contributed by atoms with E-state index in [1.165, 1.54) is 44.1 Å². The number of rotatable bonds is 7. The molecule has 58 heavy (non-hydrogen) atoms. The lowest BCUT2D eigenvalue weighted by molar-refractivity contribution is 0.669. The first-order valence-corrected chi connectivity index (χ1v) is 19.8. The summed E-state index contributed by atoms with van der Waals surface area (Å²) in [5.74, 6) is 0. The Morgan fingerprint density at radius 3 is 1.81 bits per heavy atom. The van der Waals surface area contributed by atoms with Crippen LogP contribution in [0.3, 0.4) is 0 Å². The number of nitrogens with zero attached hydrogens (tertiary/aromatic N) is 2. The van der Waals surface area contributed by atoms with Gasteiger partial charge in [-0.25, -0.2) is 0 Å². The highest BCUT2D eigenvalue weighted by atomic mass is 16.3. The van der Waals surface area contributed by atoms with Crippen molar-refractivity contribution in [1.82, 2.24) is 4.57 Å². The summed E-state index contributed by atoms with van der Waals surface area (Å²) in [4.78, 5) is 2.38. The summed E-state index contributed by atoms with van der Waals surface area (Å²) in [7, 11) is 0. The molecule has 0 aliphatic carbocycles. The van der Waals surface area contributed by atoms with Crippen LogP contribution in [-0.2, 0) is 0 Å². The van der Waals surface area contributed by atoms with Gasteiger partial charge in [-0.05, 0) is 107 Å². The molecule has 9 aromatic carbocycles. The number of para-hydroxylation sites is 3. The van der Waals surface area contributed by atoms with Crippen molar-refractivity contribution >= 4 is 60.8 Å². The molecule has 11 rings (SSSR count). The van der Waals surface area contributed by atoms with E-state index in [1.807, 2.05) is 12.1 Å². The average Bonchev–Trinajstić information content (AvgIpc) is 3.84. The Labute approximate surface area is 337 Å². The summed E-state index contributed by atoms with van der Waals surface area (Å²) in [6, 6.07) is 76.2. The van der Waals surface area contributed by atoms with E-state index >= 15 is 0 Å². The van der Waals surface area contributed by atoms with Gasteiger partial charge in [0.2, 0.25) is 0 Å². The molecule has 11 aromatic rings. The fourth-order valence-electron chi connectivity index (χ4n) is 8.87. The summed E-state index contributed by atoms with van der Waals surface area (Å²) in [5, 5.41) is 4.86. The molecule has 0 radical (unpaired) electrons. The van der Waals surface area contributed by atoms with Crippen molar-refractivity contribution < 1.29 is 4.42 Å². The average molecular weight is 743 g/mol. The van der Waals surface area contributed by atoms with Crippen molar-refractivity contribution in [2.75, 3.05) is 4.90 Å². The predicted molar refractivity (Wildman–Crippen MR) is 244 cm³/mol. The van der Waals surface area contributed by atoms with Crippen LogP contribution < -0.4 is 4.90 Å². The van der Waals surface area contributed by atoms with Crippen LogP contribution in [-0.4, -0.2) is 4.57 Å². The summed E-state index contributed by atoms with van der Waals surface area (Å²) in [6.45, 7) is 2.20.